The average Bonchev–Trinajstić information content (AvgIpc) is 3.82. The normalized spacial score (nSPS) is 18.9. The van der Waals surface area contributed by atoms with Crippen molar-refractivity contribution in [2.24, 2.45) is 15.0 Å². The van der Waals surface area contributed by atoms with E-state index in [9.17, 15) is 0 Å². The van der Waals surface area contributed by atoms with Crippen LogP contribution in [0.25, 0.3) is 6.08 Å². The van der Waals surface area contributed by atoms with Gasteiger partial charge in [0.15, 0.2) is 0 Å². The summed E-state index contributed by atoms with van der Waals surface area (Å²) in [5.41, 5.74) is 17.6. The smallest absolute Gasteiger partial charge is 0.0920 e. The van der Waals surface area contributed by atoms with E-state index in [1.54, 1.807) is 0 Å². The highest BCUT2D eigenvalue weighted by Crippen LogP contribution is 2.33. The molecule has 0 saturated heterocycles. The van der Waals surface area contributed by atoms with Gasteiger partial charge in [-0.3, -0.25) is 15.0 Å². The Morgan fingerprint density at radius 1 is 0.558 bits per heavy atom. The summed E-state index contributed by atoms with van der Waals surface area (Å²) < 4.78 is 0. The second-order valence-corrected chi connectivity index (χ2v) is 16.2. The highest BCUT2D eigenvalue weighted by molar-refractivity contribution is 6.01. The molecule has 0 aromatic carbocycles. The van der Waals surface area contributed by atoms with Crippen LogP contribution in [-0.2, 0) is 6.42 Å². The summed E-state index contributed by atoms with van der Waals surface area (Å²) in [7, 11) is 0. The zero-order valence-corrected chi connectivity index (χ0v) is 34.8. The van der Waals surface area contributed by atoms with Crippen LogP contribution in [0, 0.1) is 13.8 Å². The predicted molar refractivity (Wildman–Crippen MR) is 230 cm³/mol. The minimum atomic E-state index is 0.156. The SMILES string of the molecule is CCCCCCCCC1=C(C)C=N/C1=C\c1[nH]c(C)c(CCCCCCCCC2=C(C)C(/C=C3\N=CC(C)=C3CCCCCCCC)N=C2C)c1C. The van der Waals surface area contributed by atoms with E-state index < -0.39 is 0 Å². The van der Waals surface area contributed by atoms with Crippen LogP contribution in [0.15, 0.2) is 65.9 Å². The van der Waals surface area contributed by atoms with E-state index in [-0.39, 0.29) is 6.04 Å². The first-order valence-electron chi connectivity index (χ1n) is 21.6. The number of rotatable bonds is 25. The fourth-order valence-corrected chi connectivity index (χ4v) is 8.45. The van der Waals surface area contributed by atoms with Gasteiger partial charge in [0.05, 0.1) is 17.4 Å². The van der Waals surface area contributed by atoms with Gasteiger partial charge in [0.1, 0.15) is 0 Å². The molecule has 0 amide bonds. The predicted octanol–water partition coefficient (Wildman–Crippen LogP) is 14.6. The topological polar surface area (TPSA) is 52.9 Å². The minimum absolute atomic E-state index is 0.156. The zero-order valence-electron chi connectivity index (χ0n) is 34.8. The maximum atomic E-state index is 5.10. The number of unbranched alkanes of at least 4 members (excludes halogenated alkanes) is 15. The largest absolute Gasteiger partial charge is 0.359 e. The van der Waals surface area contributed by atoms with Crippen LogP contribution in [0.2, 0.25) is 0 Å². The van der Waals surface area contributed by atoms with Gasteiger partial charge in [0, 0.05) is 29.5 Å². The molecule has 4 heterocycles. The number of aryl methyl sites for hydroxylation is 1. The number of allylic oxidation sites excluding steroid dienone is 5. The van der Waals surface area contributed by atoms with Gasteiger partial charge < -0.3 is 4.98 Å². The Hall–Kier alpha value is -3.01. The summed E-state index contributed by atoms with van der Waals surface area (Å²) in [6.45, 7) is 18.1. The fourth-order valence-electron chi connectivity index (χ4n) is 8.45. The summed E-state index contributed by atoms with van der Waals surface area (Å²) in [5, 5.41) is 0. The molecule has 3 aliphatic heterocycles. The third-order valence-electron chi connectivity index (χ3n) is 11.9. The van der Waals surface area contributed by atoms with Gasteiger partial charge >= 0.3 is 0 Å². The summed E-state index contributed by atoms with van der Waals surface area (Å²) in [6, 6.07) is 0.156. The van der Waals surface area contributed by atoms with E-state index in [4.69, 9.17) is 15.0 Å². The van der Waals surface area contributed by atoms with Crippen LogP contribution < -0.4 is 0 Å². The van der Waals surface area contributed by atoms with Gasteiger partial charge in [0.2, 0.25) is 0 Å². The van der Waals surface area contributed by atoms with Crippen molar-refractivity contribution in [3.8, 4) is 0 Å². The van der Waals surface area contributed by atoms with Gasteiger partial charge in [0.25, 0.3) is 0 Å². The van der Waals surface area contributed by atoms with E-state index in [2.05, 4.69) is 85.0 Å². The molecular weight excluding hydrogens is 633 g/mol. The lowest BCUT2D eigenvalue weighted by Crippen LogP contribution is -2.01. The Morgan fingerprint density at radius 2 is 1.02 bits per heavy atom. The van der Waals surface area contributed by atoms with Crippen LogP contribution in [-0.4, -0.2) is 29.2 Å². The first kappa shape index (κ1) is 41.7. The molecule has 4 rings (SSSR count). The highest BCUT2D eigenvalue weighted by Gasteiger charge is 2.23. The van der Waals surface area contributed by atoms with Crippen molar-refractivity contribution in [1.82, 2.24) is 4.98 Å². The molecule has 1 aromatic heterocycles. The van der Waals surface area contributed by atoms with Crippen molar-refractivity contribution in [2.75, 3.05) is 0 Å². The average molecular weight is 707 g/mol. The number of aliphatic imine (C=N–C) groups is 3. The molecule has 1 N–H and O–H groups in total. The molecule has 0 spiro atoms. The van der Waals surface area contributed by atoms with Crippen molar-refractivity contribution < 1.29 is 0 Å². The Bertz CT molecular complexity index is 1560. The molecule has 3 aliphatic rings. The van der Waals surface area contributed by atoms with Crippen molar-refractivity contribution >= 4 is 24.2 Å². The number of nitrogens with zero attached hydrogens (tertiary/aromatic N) is 3. The number of aromatic nitrogens is 1. The second-order valence-electron chi connectivity index (χ2n) is 16.2. The molecule has 286 valence electrons. The van der Waals surface area contributed by atoms with E-state index in [0.717, 1.165) is 25.7 Å². The molecule has 0 radical (unpaired) electrons. The van der Waals surface area contributed by atoms with Crippen LogP contribution in [0.5, 0.6) is 0 Å². The van der Waals surface area contributed by atoms with E-state index in [1.807, 2.05) is 0 Å². The molecule has 52 heavy (non-hydrogen) atoms. The van der Waals surface area contributed by atoms with Crippen LogP contribution in [0.4, 0.5) is 0 Å². The summed E-state index contributed by atoms with van der Waals surface area (Å²) in [6.07, 6.45) is 37.2. The fraction of sp³-hybridized carbons (Fsp3) is 0.646. The van der Waals surface area contributed by atoms with Gasteiger partial charge in [-0.25, -0.2) is 0 Å². The molecular formula is C48H74N4. The first-order chi connectivity index (χ1) is 25.2. The maximum Gasteiger partial charge on any atom is 0.0920 e. The second kappa shape index (κ2) is 22.3. The Morgan fingerprint density at radius 3 is 1.58 bits per heavy atom. The third kappa shape index (κ3) is 12.3. The summed E-state index contributed by atoms with van der Waals surface area (Å²) in [4.78, 5) is 18.4. The molecule has 0 saturated carbocycles. The summed E-state index contributed by atoms with van der Waals surface area (Å²) >= 11 is 0. The van der Waals surface area contributed by atoms with E-state index >= 15 is 0 Å². The van der Waals surface area contributed by atoms with Crippen molar-refractivity contribution in [2.45, 2.75) is 203 Å². The van der Waals surface area contributed by atoms with Crippen molar-refractivity contribution in [3.63, 3.8) is 0 Å². The Balaban J connectivity index is 1.16. The molecule has 1 atom stereocenters. The lowest BCUT2D eigenvalue weighted by Gasteiger charge is -2.10. The lowest BCUT2D eigenvalue weighted by atomic mass is 9.95. The molecule has 0 aliphatic carbocycles. The highest BCUT2D eigenvalue weighted by atomic mass is 14.8. The van der Waals surface area contributed by atoms with E-state index in [1.165, 1.54) is 189 Å². The Labute approximate surface area is 319 Å². The monoisotopic (exact) mass is 707 g/mol. The lowest BCUT2D eigenvalue weighted by molar-refractivity contribution is 0.594. The van der Waals surface area contributed by atoms with Crippen LogP contribution in [0.3, 0.4) is 0 Å². The molecule has 0 fully saturated rings. The number of hydrogen-bond acceptors (Lipinski definition) is 3. The molecule has 4 heteroatoms. The van der Waals surface area contributed by atoms with E-state index in [0.29, 0.717) is 0 Å². The standard InChI is InChI=1S/C48H74N4/c1-9-11-13-15-19-23-27-41-35(3)33-49-47(41)31-45-37(5)43(39(7)51-45)29-25-21-17-18-22-26-30-44-38(6)46(52-40(44)8)32-48-42(36(4)34-50-48)28-24-20-16-14-12-10-2/h31-34,45,52H,9-30H2,1-8H3/b47-31-,48-32-. The first-order valence-corrected chi connectivity index (χ1v) is 21.6. The van der Waals surface area contributed by atoms with Crippen LogP contribution >= 0.6 is 0 Å². The van der Waals surface area contributed by atoms with Crippen molar-refractivity contribution in [3.05, 3.63) is 73.4 Å². The minimum Gasteiger partial charge on any atom is -0.359 e. The van der Waals surface area contributed by atoms with Crippen molar-refractivity contribution in [1.29, 1.82) is 0 Å². The molecule has 1 aromatic rings. The Kier molecular flexibility index (Phi) is 17.9. The third-order valence-corrected chi connectivity index (χ3v) is 11.9. The number of hydrogen-bond donors (Lipinski definition) is 1. The number of aromatic amines is 1. The van der Waals surface area contributed by atoms with Gasteiger partial charge in [-0.1, -0.05) is 104 Å². The van der Waals surface area contributed by atoms with Gasteiger partial charge in [-0.2, -0.15) is 0 Å². The molecule has 1 unspecified atom stereocenters. The number of nitrogens with one attached hydrogen (secondary N) is 1. The summed E-state index contributed by atoms with van der Waals surface area (Å²) in [5.74, 6) is 0. The zero-order chi connectivity index (χ0) is 37.3. The molecule has 0 bridgehead atoms. The van der Waals surface area contributed by atoms with Gasteiger partial charge in [-0.15, -0.1) is 0 Å². The molecule has 4 nitrogen and oxygen atoms in total. The number of H-pyrrole nitrogens is 1. The van der Waals surface area contributed by atoms with Crippen LogP contribution in [0.1, 0.15) is 199 Å². The quantitative estimate of drug-likeness (QED) is 0.0984. The van der Waals surface area contributed by atoms with Gasteiger partial charge in [-0.05, 0) is 150 Å². The maximum absolute atomic E-state index is 5.10.